The van der Waals surface area contributed by atoms with Crippen LogP contribution in [0.3, 0.4) is 0 Å². The van der Waals surface area contributed by atoms with Crippen LogP contribution >= 0.6 is 0 Å². The minimum absolute atomic E-state index is 0.153. The van der Waals surface area contributed by atoms with Gasteiger partial charge in [0.05, 0.1) is 12.7 Å². The Kier molecular flexibility index (Phi) is 4.15. The second kappa shape index (κ2) is 5.38. The van der Waals surface area contributed by atoms with Gasteiger partial charge in [-0.2, -0.15) is 4.98 Å². The van der Waals surface area contributed by atoms with Crippen molar-refractivity contribution in [2.24, 2.45) is 0 Å². The van der Waals surface area contributed by atoms with Gasteiger partial charge in [-0.05, 0) is 13.3 Å². The molecule has 0 aliphatic carbocycles. The van der Waals surface area contributed by atoms with Gasteiger partial charge in [0.15, 0.2) is 0 Å². The number of hydrogen-bond acceptors (Lipinski definition) is 4. The van der Waals surface area contributed by atoms with Crippen molar-refractivity contribution in [1.82, 2.24) is 9.55 Å². The lowest BCUT2D eigenvalue weighted by Gasteiger charge is -2.09. The molecule has 0 aliphatic heterocycles. The molecule has 0 aromatic carbocycles. The molecule has 0 radical (unpaired) electrons. The van der Waals surface area contributed by atoms with Crippen molar-refractivity contribution in [2.45, 2.75) is 33.2 Å². The van der Waals surface area contributed by atoms with E-state index >= 15 is 0 Å². The first-order chi connectivity index (χ1) is 7.19. The molecule has 5 nitrogen and oxygen atoms in total. The Morgan fingerprint density at radius 2 is 2.27 bits per heavy atom. The topological polar surface area (TPSA) is 70.1 Å². The minimum Gasteiger partial charge on any atom is -0.478 e. The summed E-state index contributed by atoms with van der Waals surface area (Å²) in [5, 5.41) is 0. The number of unbranched alkanes of at least 4 members (excludes halogenated alkanes) is 1. The van der Waals surface area contributed by atoms with Crippen LogP contribution in [0.25, 0.3) is 0 Å². The average Bonchev–Trinajstić information content (AvgIpc) is 2.17. The molecule has 1 heterocycles. The molecule has 2 N–H and O–H groups in total. The van der Waals surface area contributed by atoms with Crippen LogP contribution in [0.15, 0.2) is 10.9 Å². The molecule has 15 heavy (non-hydrogen) atoms. The van der Waals surface area contributed by atoms with E-state index in [1.807, 2.05) is 6.92 Å². The zero-order chi connectivity index (χ0) is 11.3. The first-order valence-electron chi connectivity index (χ1n) is 5.19. The minimum atomic E-state index is -0.153. The highest BCUT2D eigenvalue weighted by atomic mass is 16.5. The predicted octanol–water partition coefficient (Wildman–Crippen LogP) is 1.02. The molecule has 0 fully saturated rings. The number of anilines is 1. The zero-order valence-corrected chi connectivity index (χ0v) is 9.19. The lowest BCUT2D eigenvalue weighted by atomic mass is 10.3. The second-order valence-corrected chi connectivity index (χ2v) is 3.23. The van der Waals surface area contributed by atoms with Crippen molar-refractivity contribution in [3.05, 3.63) is 16.4 Å². The van der Waals surface area contributed by atoms with Gasteiger partial charge in [-0.1, -0.05) is 13.3 Å². The summed E-state index contributed by atoms with van der Waals surface area (Å²) in [4.78, 5) is 15.6. The first-order valence-corrected chi connectivity index (χ1v) is 5.19. The van der Waals surface area contributed by atoms with Crippen LogP contribution < -0.4 is 16.0 Å². The van der Waals surface area contributed by atoms with Gasteiger partial charge < -0.3 is 10.5 Å². The van der Waals surface area contributed by atoms with E-state index in [1.165, 1.54) is 10.6 Å². The third-order valence-corrected chi connectivity index (χ3v) is 2.04. The van der Waals surface area contributed by atoms with Gasteiger partial charge in [0.25, 0.3) is 5.56 Å². The molecule has 84 valence electrons. The molecule has 0 saturated heterocycles. The standard InChI is InChI=1S/C10H17N3O2/c1-3-5-6-13-9(14)7-8(15-4-2)12-10(13)11/h7H,3-6H2,1-2H3,(H2,11,12). The monoisotopic (exact) mass is 211 g/mol. The Labute approximate surface area is 88.9 Å². The molecule has 0 amide bonds. The maximum absolute atomic E-state index is 11.6. The number of nitrogens with zero attached hydrogens (tertiary/aromatic N) is 2. The summed E-state index contributed by atoms with van der Waals surface area (Å²) in [7, 11) is 0. The lowest BCUT2D eigenvalue weighted by Crippen LogP contribution is -2.24. The van der Waals surface area contributed by atoms with Crippen LogP contribution in [0.2, 0.25) is 0 Å². The van der Waals surface area contributed by atoms with Crippen LogP contribution in [0, 0.1) is 0 Å². The van der Waals surface area contributed by atoms with Crippen LogP contribution in [0.1, 0.15) is 26.7 Å². The van der Waals surface area contributed by atoms with Crippen LogP contribution in [-0.2, 0) is 6.54 Å². The fraction of sp³-hybridized carbons (Fsp3) is 0.600. The van der Waals surface area contributed by atoms with Gasteiger partial charge >= 0.3 is 0 Å². The van der Waals surface area contributed by atoms with E-state index in [-0.39, 0.29) is 11.5 Å². The Morgan fingerprint density at radius 1 is 1.53 bits per heavy atom. The molecule has 0 bridgehead atoms. The Bertz CT molecular complexity index is 373. The van der Waals surface area contributed by atoms with E-state index in [4.69, 9.17) is 10.5 Å². The summed E-state index contributed by atoms with van der Waals surface area (Å²) in [5.41, 5.74) is 5.51. The number of nitrogens with two attached hydrogens (primary N) is 1. The van der Waals surface area contributed by atoms with Gasteiger partial charge in [-0.15, -0.1) is 0 Å². The van der Waals surface area contributed by atoms with Crippen molar-refractivity contribution in [3.8, 4) is 5.88 Å². The molecular weight excluding hydrogens is 194 g/mol. The highest BCUT2D eigenvalue weighted by Gasteiger charge is 2.05. The van der Waals surface area contributed by atoms with Crippen molar-refractivity contribution in [3.63, 3.8) is 0 Å². The molecule has 0 atom stereocenters. The SMILES string of the molecule is CCCCn1c(N)nc(OCC)cc1=O. The first kappa shape index (κ1) is 11.6. The number of aromatic nitrogens is 2. The summed E-state index contributed by atoms with van der Waals surface area (Å²) in [6.45, 7) is 4.98. The van der Waals surface area contributed by atoms with E-state index in [1.54, 1.807) is 0 Å². The average molecular weight is 211 g/mol. The number of nitrogen functional groups attached to an aromatic ring is 1. The Balaban J connectivity index is 2.94. The van der Waals surface area contributed by atoms with Crippen LogP contribution in [0.4, 0.5) is 5.95 Å². The summed E-state index contributed by atoms with van der Waals surface area (Å²) >= 11 is 0. The van der Waals surface area contributed by atoms with Crippen molar-refractivity contribution in [1.29, 1.82) is 0 Å². The lowest BCUT2D eigenvalue weighted by molar-refractivity contribution is 0.325. The fourth-order valence-corrected chi connectivity index (χ4v) is 1.26. The third kappa shape index (κ3) is 2.97. The zero-order valence-electron chi connectivity index (χ0n) is 9.19. The highest BCUT2D eigenvalue weighted by molar-refractivity contribution is 5.23. The molecule has 5 heteroatoms. The predicted molar refractivity (Wildman–Crippen MR) is 59.0 cm³/mol. The number of ether oxygens (including phenoxy) is 1. The second-order valence-electron chi connectivity index (χ2n) is 3.23. The highest BCUT2D eigenvalue weighted by Crippen LogP contribution is 2.06. The van der Waals surface area contributed by atoms with E-state index in [0.717, 1.165) is 12.8 Å². The quantitative estimate of drug-likeness (QED) is 0.789. The largest absolute Gasteiger partial charge is 0.478 e. The van der Waals surface area contributed by atoms with Gasteiger partial charge in [-0.3, -0.25) is 9.36 Å². The maximum atomic E-state index is 11.6. The molecule has 0 aliphatic rings. The van der Waals surface area contributed by atoms with Crippen molar-refractivity contribution >= 4 is 5.95 Å². The van der Waals surface area contributed by atoms with Crippen LogP contribution in [0.5, 0.6) is 5.88 Å². The van der Waals surface area contributed by atoms with E-state index in [9.17, 15) is 4.79 Å². The van der Waals surface area contributed by atoms with Gasteiger partial charge in [-0.25, -0.2) is 0 Å². The molecule has 0 unspecified atom stereocenters. The smallest absolute Gasteiger partial charge is 0.258 e. The normalized spacial score (nSPS) is 10.3. The third-order valence-electron chi connectivity index (χ3n) is 2.04. The van der Waals surface area contributed by atoms with Gasteiger partial charge in [0, 0.05) is 6.54 Å². The molecule has 1 aromatic rings. The van der Waals surface area contributed by atoms with E-state index in [2.05, 4.69) is 11.9 Å². The fourth-order valence-electron chi connectivity index (χ4n) is 1.26. The van der Waals surface area contributed by atoms with E-state index < -0.39 is 0 Å². The van der Waals surface area contributed by atoms with Gasteiger partial charge in [0.1, 0.15) is 0 Å². The number of hydrogen-bond donors (Lipinski definition) is 1. The maximum Gasteiger partial charge on any atom is 0.258 e. The summed E-state index contributed by atoms with van der Waals surface area (Å²) in [6.07, 6.45) is 1.93. The molecule has 0 saturated carbocycles. The Morgan fingerprint density at radius 3 is 2.80 bits per heavy atom. The molecular formula is C10H17N3O2. The van der Waals surface area contributed by atoms with Gasteiger partial charge in [0.2, 0.25) is 11.8 Å². The number of rotatable bonds is 5. The van der Waals surface area contributed by atoms with E-state index in [0.29, 0.717) is 19.0 Å². The summed E-state index contributed by atoms with van der Waals surface area (Å²) < 4.78 is 6.59. The molecule has 1 rings (SSSR count). The van der Waals surface area contributed by atoms with Crippen molar-refractivity contribution in [2.75, 3.05) is 12.3 Å². The molecule has 1 aromatic heterocycles. The summed E-state index contributed by atoms with van der Waals surface area (Å²) in [5.74, 6) is 0.521. The molecule has 0 spiro atoms. The summed E-state index contributed by atoms with van der Waals surface area (Å²) in [6, 6.07) is 1.37. The van der Waals surface area contributed by atoms with Crippen LogP contribution in [-0.4, -0.2) is 16.2 Å². The Hall–Kier alpha value is -1.52. The van der Waals surface area contributed by atoms with Crippen molar-refractivity contribution < 1.29 is 4.74 Å².